The van der Waals surface area contributed by atoms with E-state index >= 15 is 4.39 Å². The Hall–Kier alpha value is -2.83. The van der Waals surface area contributed by atoms with Crippen molar-refractivity contribution >= 4 is 16.7 Å². The number of aromatic nitrogens is 4. The minimum absolute atomic E-state index is 0.270. The first-order valence-electron chi connectivity index (χ1n) is 10.3. The fourth-order valence-electron chi connectivity index (χ4n) is 3.40. The van der Waals surface area contributed by atoms with Gasteiger partial charge in [-0.15, -0.1) is 0 Å². The molecule has 3 aromatic rings. The molecule has 3 aromatic heterocycles. The minimum Gasteiger partial charge on any atom is -0.372 e. The van der Waals surface area contributed by atoms with Crippen LogP contribution < -0.4 is 4.90 Å². The SMILES string of the molecule is C=C(C)N1CCN(c2ccnc3[nH]c(-c4cnn(C)c4)c(F)c23)CC1.CC.CC. The van der Waals surface area contributed by atoms with Crippen molar-refractivity contribution in [2.24, 2.45) is 7.05 Å². The molecule has 1 aliphatic heterocycles. The van der Waals surface area contributed by atoms with Crippen LogP contribution in [0.4, 0.5) is 10.1 Å². The molecule has 6 nitrogen and oxygen atoms in total. The predicted molar refractivity (Wildman–Crippen MR) is 120 cm³/mol. The van der Waals surface area contributed by atoms with Crippen LogP contribution in [0.5, 0.6) is 0 Å². The van der Waals surface area contributed by atoms with Gasteiger partial charge in [0.15, 0.2) is 5.82 Å². The Bertz CT molecular complexity index is 934. The van der Waals surface area contributed by atoms with Crippen LogP contribution >= 0.6 is 0 Å². The van der Waals surface area contributed by atoms with Crippen molar-refractivity contribution in [2.45, 2.75) is 34.6 Å². The van der Waals surface area contributed by atoms with E-state index in [-0.39, 0.29) is 5.82 Å². The molecule has 0 atom stereocenters. The highest BCUT2D eigenvalue weighted by atomic mass is 19.1. The molecule has 0 bridgehead atoms. The van der Waals surface area contributed by atoms with Crippen LogP contribution in [-0.2, 0) is 7.05 Å². The summed E-state index contributed by atoms with van der Waals surface area (Å²) < 4.78 is 16.8. The van der Waals surface area contributed by atoms with Crippen molar-refractivity contribution in [3.8, 4) is 11.3 Å². The summed E-state index contributed by atoms with van der Waals surface area (Å²) >= 11 is 0. The Labute approximate surface area is 173 Å². The molecule has 29 heavy (non-hydrogen) atoms. The smallest absolute Gasteiger partial charge is 0.160 e. The molecule has 1 fully saturated rings. The van der Waals surface area contributed by atoms with Crippen LogP contribution in [0.1, 0.15) is 34.6 Å². The topological polar surface area (TPSA) is 53.0 Å². The average Bonchev–Trinajstić information content (AvgIpc) is 3.34. The maximum Gasteiger partial charge on any atom is 0.160 e. The van der Waals surface area contributed by atoms with E-state index in [1.807, 2.05) is 47.7 Å². The lowest BCUT2D eigenvalue weighted by Gasteiger charge is -2.37. The van der Waals surface area contributed by atoms with Crippen LogP contribution in [0.25, 0.3) is 22.3 Å². The van der Waals surface area contributed by atoms with Gasteiger partial charge in [0.2, 0.25) is 0 Å². The number of anilines is 1. The van der Waals surface area contributed by atoms with Crippen molar-refractivity contribution in [1.82, 2.24) is 24.6 Å². The highest BCUT2D eigenvalue weighted by Crippen LogP contribution is 2.34. The molecule has 7 heteroatoms. The van der Waals surface area contributed by atoms with Crippen molar-refractivity contribution < 1.29 is 4.39 Å². The number of H-pyrrole nitrogens is 1. The highest BCUT2D eigenvalue weighted by Gasteiger charge is 2.23. The van der Waals surface area contributed by atoms with Gasteiger partial charge in [-0.05, 0) is 13.0 Å². The van der Waals surface area contributed by atoms with Gasteiger partial charge in [0.05, 0.1) is 23.0 Å². The summed E-state index contributed by atoms with van der Waals surface area (Å²) in [5.74, 6) is -0.270. The van der Waals surface area contributed by atoms with E-state index in [2.05, 4.69) is 31.4 Å². The van der Waals surface area contributed by atoms with E-state index in [1.165, 1.54) is 0 Å². The van der Waals surface area contributed by atoms with Crippen molar-refractivity contribution in [3.05, 3.63) is 42.8 Å². The molecule has 0 saturated carbocycles. The maximum atomic E-state index is 15.2. The standard InChI is InChI=1S/C18H21FN6.2C2H6/c1-12(2)24-6-8-25(9-7-24)14-4-5-20-18-15(14)16(19)17(22-18)13-10-21-23(3)11-13;2*1-2/h4-5,10-11H,1,6-9H2,2-3H3,(H,20,22);2*1-2H3. The Morgan fingerprint density at radius 1 is 1.14 bits per heavy atom. The zero-order chi connectivity index (χ0) is 21.6. The second kappa shape index (κ2) is 10.1. The summed E-state index contributed by atoms with van der Waals surface area (Å²) in [7, 11) is 1.81. The lowest BCUT2D eigenvalue weighted by Crippen LogP contribution is -2.45. The van der Waals surface area contributed by atoms with E-state index < -0.39 is 0 Å². The number of nitrogens with one attached hydrogen (secondary N) is 1. The number of aryl methyl sites for hydroxylation is 1. The van der Waals surface area contributed by atoms with Gasteiger partial charge in [-0.1, -0.05) is 34.3 Å². The molecule has 0 amide bonds. The van der Waals surface area contributed by atoms with Gasteiger partial charge in [0, 0.05) is 56.9 Å². The van der Waals surface area contributed by atoms with Crippen molar-refractivity contribution in [1.29, 1.82) is 0 Å². The third kappa shape index (κ3) is 4.60. The van der Waals surface area contributed by atoms with Gasteiger partial charge >= 0.3 is 0 Å². The number of fused-ring (bicyclic) bond motifs is 1. The number of hydrogen-bond donors (Lipinski definition) is 1. The number of pyridine rings is 1. The molecular weight excluding hydrogens is 367 g/mol. The average molecular weight is 401 g/mol. The van der Waals surface area contributed by atoms with E-state index in [1.54, 1.807) is 23.3 Å². The Balaban J connectivity index is 0.000000707. The Kier molecular flexibility index (Phi) is 7.82. The van der Waals surface area contributed by atoms with Gasteiger partial charge in [-0.3, -0.25) is 4.68 Å². The second-order valence-electron chi connectivity index (χ2n) is 6.48. The van der Waals surface area contributed by atoms with Crippen LogP contribution in [-0.4, -0.2) is 50.8 Å². The lowest BCUT2D eigenvalue weighted by molar-refractivity contribution is 0.323. The van der Waals surface area contributed by atoms with Crippen LogP contribution in [0.15, 0.2) is 36.9 Å². The summed E-state index contributed by atoms with van der Waals surface area (Å²) in [5, 5.41) is 4.67. The highest BCUT2D eigenvalue weighted by molar-refractivity contribution is 5.94. The molecule has 1 N–H and O–H groups in total. The van der Waals surface area contributed by atoms with Gasteiger partial charge in [-0.25, -0.2) is 9.37 Å². The quantitative estimate of drug-likeness (QED) is 0.685. The van der Waals surface area contributed by atoms with Crippen LogP contribution in [0, 0.1) is 5.82 Å². The number of allylic oxidation sites excluding steroid dienone is 1. The van der Waals surface area contributed by atoms with E-state index in [4.69, 9.17) is 0 Å². The van der Waals surface area contributed by atoms with Gasteiger partial charge < -0.3 is 14.8 Å². The van der Waals surface area contributed by atoms with Gasteiger partial charge in [-0.2, -0.15) is 5.10 Å². The molecule has 1 aliphatic rings. The molecule has 0 radical (unpaired) electrons. The number of piperazine rings is 1. The molecule has 0 spiro atoms. The van der Waals surface area contributed by atoms with E-state index in [9.17, 15) is 0 Å². The summed E-state index contributed by atoms with van der Waals surface area (Å²) in [6.07, 6.45) is 5.17. The number of halogens is 1. The van der Waals surface area contributed by atoms with Gasteiger partial charge in [0.25, 0.3) is 0 Å². The van der Waals surface area contributed by atoms with Gasteiger partial charge in [0.1, 0.15) is 5.65 Å². The lowest BCUT2D eigenvalue weighted by atomic mass is 10.2. The molecule has 1 saturated heterocycles. The molecule has 0 aliphatic carbocycles. The number of hydrogen-bond acceptors (Lipinski definition) is 4. The van der Waals surface area contributed by atoms with Crippen molar-refractivity contribution in [3.63, 3.8) is 0 Å². The molecule has 158 valence electrons. The predicted octanol–water partition coefficient (Wildman–Crippen LogP) is 4.81. The van der Waals surface area contributed by atoms with E-state index in [0.717, 1.165) is 43.1 Å². The minimum atomic E-state index is -0.270. The summed E-state index contributed by atoms with van der Waals surface area (Å²) in [5.41, 5.74) is 3.68. The molecule has 0 unspecified atom stereocenters. The summed E-state index contributed by atoms with van der Waals surface area (Å²) in [6, 6.07) is 1.89. The first kappa shape index (κ1) is 22.5. The number of rotatable bonds is 3. The molecule has 0 aromatic carbocycles. The van der Waals surface area contributed by atoms with Crippen LogP contribution in [0.2, 0.25) is 0 Å². The molecular formula is C22H33FN6. The first-order valence-corrected chi connectivity index (χ1v) is 10.3. The number of nitrogens with zero attached hydrogens (tertiary/aromatic N) is 5. The fraction of sp³-hybridized carbons (Fsp3) is 0.455. The maximum absolute atomic E-state index is 15.2. The van der Waals surface area contributed by atoms with Crippen LogP contribution in [0.3, 0.4) is 0 Å². The second-order valence-corrected chi connectivity index (χ2v) is 6.48. The first-order chi connectivity index (χ1) is 14.0. The summed E-state index contributed by atoms with van der Waals surface area (Å²) in [4.78, 5) is 11.9. The fourth-order valence-corrected chi connectivity index (χ4v) is 3.40. The molecule has 4 rings (SSSR count). The zero-order valence-electron chi connectivity index (χ0n) is 18.5. The monoisotopic (exact) mass is 400 g/mol. The Morgan fingerprint density at radius 2 is 1.79 bits per heavy atom. The van der Waals surface area contributed by atoms with Crippen molar-refractivity contribution in [2.75, 3.05) is 31.1 Å². The normalized spacial score (nSPS) is 13.5. The molecule has 4 heterocycles. The third-order valence-corrected chi connectivity index (χ3v) is 4.77. The Morgan fingerprint density at radius 3 is 2.34 bits per heavy atom. The summed E-state index contributed by atoms with van der Waals surface area (Å²) in [6.45, 7) is 17.5. The number of aromatic amines is 1. The largest absolute Gasteiger partial charge is 0.372 e. The van der Waals surface area contributed by atoms with E-state index in [0.29, 0.717) is 16.7 Å². The zero-order valence-corrected chi connectivity index (χ0v) is 18.5. The third-order valence-electron chi connectivity index (χ3n) is 4.77.